The molecule has 0 bridgehead atoms. The summed E-state index contributed by atoms with van der Waals surface area (Å²) in [5, 5.41) is 6.28. The molecule has 0 amide bonds. The fourth-order valence-corrected chi connectivity index (χ4v) is 1.90. The smallest absolute Gasteiger partial charge is 0.355 e. The van der Waals surface area contributed by atoms with Crippen molar-refractivity contribution < 1.29 is 0 Å². The maximum absolute atomic E-state index is 11.1. The van der Waals surface area contributed by atoms with Crippen molar-refractivity contribution >= 4 is 5.82 Å². The second-order valence-corrected chi connectivity index (χ2v) is 4.22. The molecule has 5 nitrogen and oxygen atoms in total. The highest BCUT2D eigenvalue weighted by Crippen LogP contribution is 2.21. The summed E-state index contributed by atoms with van der Waals surface area (Å²) >= 11 is 0. The average molecular weight is 208 g/mol. The fourth-order valence-electron chi connectivity index (χ4n) is 1.90. The molecule has 2 rings (SSSR count). The minimum Gasteiger partial charge on any atom is -0.355 e. The van der Waals surface area contributed by atoms with E-state index >= 15 is 0 Å². The summed E-state index contributed by atoms with van der Waals surface area (Å²) in [4.78, 5) is 17.2. The normalized spacial score (nSPS) is 18.1. The van der Waals surface area contributed by atoms with Gasteiger partial charge in [-0.3, -0.25) is 0 Å². The summed E-state index contributed by atoms with van der Waals surface area (Å²) in [5.41, 5.74) is 0.429. The lowest BCUT2D eigenvalue weighted by atomic mass is 9.99. The van der Waals surface area contributed by atoms with Gasteiger partial charge in [0.15, 0.2) is 5.82 Å². The standard InChI is InChI=1S/C10H16N4O/c1-7-3-5-14(6-4-7)9-8(2)12-13-10(15)11-9/h7H,3-6H2,1-2H3,(H,11,13,15). The fraction of sp³-hybridized carbons (Fsp3) is 0.700. The molecule has 0 spiro atoms. The van der Waals surface area contributed by atoms with E-state index in [-0.39, 0.29) is 5.69 Å². The van der Waals surface area contributed by atoms with Gasteiger partial charge < -0.3 is 4.90 Å². The monoisotopic (exact) mass is 208 g/mol. The van der Waals surface area contributed by atoms with Gasteiger partial charge in [0.05, 0.1) is 0 Å². The van der Waals surface area contributed by atoms with Crippen molar-refractivity contribution in [1.82, 2.24) is 15.2 Å². The van der Waals surface area contributed by atoms with E-state index in [0.29, 0.717) is 0 Å². The van der Waals surface area contributed by atoms with E-state index in [2.05, 4.69) is 27.0 Å². The summed E-state index contributed by atoms with van der Waals surface area (Å²) in [5.74, 6) is 1.52. The van der Waals surface area contributed by atoms with Crippen LogP contribution < -0.4 is 10.6 Å². The Kier molecular flexibility index (Phi) is 2.70. The Morgan fingerprint density at radius 2 is 2.07 bits per heavy atom. The Morgan fingerprint density at radius 3 is 2.73 bits per heavy atom. The van der Waals surface area contributed by atoms with Crippen LogP contribution in [0.3, 0.4) is 0 Å². The van der Waals surface area contributed by atoms with Gasteiger partial charge in [-0.25, -0.2) is 9.89 Å². The van der Waals surface area contributed by atoms with Crippen molar-refractivity contribution in [2.45, 2.75) is 26.7 Å². The third-order valence-electron chi connectivity index (χ3n) is 2.93. The molecule has 15 heavy (non-hydrogen) atoms. The van der Waals surface area contributed by atoms with Crippen LogP contribution in [0.25, 0.3) is 0 Å². The molecular weight excluding hydrogens is 192 g/mol. The van der Waals surface area contributed by atoms with Crippen LogP contribution in [0.15, 0.2) is 4.79 Å². The highest BCUT2D eigenvalue weighted by Gasteiger charge is 2.19. The molecule has 1 aliphatic heterocycles. The Labute approximate surface area is 88.5 Å². The molecule has 1 fully saturated rings. The highest BCUT2D eigenvalue weighted by atomic mass is 16.1. The summed E-state index contributed by atoms with van der Waals surface area (Å²) < 4.78 is 0. The summed E-state index contributed by atoms with van der Waals surface area (Å²) in [7, 11) is 0. The van der Waals surface area contributed by atoms with Gasteiger partial charge in [0.1, 0.15) is 5.69 Å². The molecule has 5 heteroatoms. The number of aromatic nitrogens is 3. The van der Waals surface area contributed by atoms with Gasteiger partial charge in [-0.2, -0.15) is 10.1 Å². The zero-order valence-corrected chi connectivity index (χ0v) is 9.16. The van der Waals surface area contributed by atoms with Crippen LogP contribution in [0.4, 0.5) is 5.82 Å². The van der Waals surface area contributed by atoms with Crippen molar-refractivity contribution in [2.75, 3.05) is 18.0 Å². The third-order valence-corrected chi connectivity index (χ3v) is 2.93. The number of aryl methyl sites for hydroxylation is 1. The topological polar surface area (TPSA) is 61.9 Å². The number of nitrogens with one attached hydrogen (secondary N) is 1. The number of hydrogen-bond donors (Lipinski definition) is 1. The Hall–Kier alpha value is -1.39. The van der Waals surface area contributed by atoms with E-state index in [0.717, 1.165) is 43.4 Å². The first-order valence-electron chi connectivity index (χ1n) is 5.35. The van der Waals surface area contributed by atoms with Gasteiger partial charge in [0.2, 0.25) is 0 Å². The number of aromatic amines is 1. The van der Waals surface area contributed by atoms with Crippen LogP contribution in [-0.2, 0) is 0 Å². The molecule has 1 N–H and O–H groups in total. The molecule has 0 aliphatic carbocycles. The van der Waals surface area contributed by atoms with Crippen LogP contribution in [-0.4, -0.2) is 28.3 Å². The first-order valence-corrected chi connectivity index (χ1v) is 5.35. The molecule has 1 aromatic rings. The molecule has 0 aromatic carbocycles. The van der Waals surface area contributed by atoms with Gasteiger partial charge in [0.25, 0.3) is 0 Å². The lowest BCUT2D eigenvalue weighted by molar-refractivity contribution is 0.435. The molecule has 82 valence electrons. The van der Waals surface area contributed by atoms with Gasteiger partial charge in [-0.1, -0.05) is 6.92 Å². The molecular formula is C10H16N4O. The number of hydrogen-bond acceptors (Lipinski definition) is 4. The van der Waals surface area contributed by atoms with Gasteiger partial charge >= 0.3 is 5.69 Å². The lowest BCUT2D eigenvalue weighted by Crippen LogP contribution is -2.35. The Morgan fingerprint density at radius 1 is 1.40 bits per heavy atom. The number of nitrogens with zero attached hydrogens (tertiary/aromatic N) is 3. The van der Waals surface area contributed by atoms with Crippen molar-refractivity contribution in [3.8, 4) is 0 Å². The summed E-state index contributed by atoms with van der Waals surface area (Å²) in [6, 6.07) is 0. The lowest BCUT2D eigenvalue weighted by Gasteiger charge is -2.31. The first-order chi connectivity index (χ1) is 7.16. The summed E-state index contributed by atoms with van der Waals surface area (Å²) in [6.07, 6.45) is 2.32. The highest BCUT2D eigenvalue weighted by molar-refractivity contribution is 5.41. The summed E-state index contributed by atoms with van der Waals surface area (Å²) in [6.45, 7) is 6.07. The zero-order valence-electron chi connectivity index (χ0n) is 9.16. The average Bonchev–Trinajstić information content (AvgIpc) is 2.23. The van der Waals surface area contributed by atoms with E-state index in [1.807, 2.05) is 6.92 Å². The molecule has 2 heterocycles. The quantitative estimate of drug-likeness (QED) is 0.738. The first kappa shape index (κ1) is 10.1. The maximum atomic E-state index is 11.1. The van der Waals surface area contributed by atoms with E-state index in [4.69, 9.17) is 0 Å². The third kappa shape index (κ3) is 2.16. The van der Waals surface area contributed by atoms with Crippen LogP contribution in [0.1, 0.15) is 25.5 Å². The number of rotatable bonds is 1. The van der Waals surface area contributed by atoms with Crippen molar-refractivity contribution in [3.05, 3.63) is 16.2 Å². The zero-order chi connectivity index (χ0) is 10.8. The minimum absolute atomic E-state index is 0.366. The Bertz CT molecular complexity index is 393. The maximum Gasteiger partial charge on any atom is 0.363 e. The number of H-pyrrole nitrogens is 1. The van der Waals surface area contributed by atoms with Crippen LogP contribution in [0, 0.1) is 12.8 Å². The number of piperidine rings is 1. The van der Waals surface area contributed by atoms with Gasteiger partial charge in [-0.05, 0) is 25.7 Å². The Balaban J connectivity index is 2.22. The van der Waals surface area contributed by atoms with Crippen molar-refractivity contribution in [3.63, 3.8) is 0 Å². The minimum atomic E-state index is -0.366. The van der Waals surface area contributed by atoms with Gasteiger partial charge in [0, 0.05) is 13.1 Å². The molecule has 0 radical (unpaired) electrons. The van der Waals surface area contributed by atoms with E-state index < -0.39 is 0 Å². The predicted octanol–water partition coefficient (Wildman–Crippen LogP) is 0.710. The molecule has 0 atom stereocenters. The molecule has 1 saturated heterocycles. The van der Waals surface area contributed by atoms with Crippen molar-refractivity contribution in [2.24, 2.45) is 5.92 Å². The predicted molar refractivity (Wildman–Crippen MR) is 58.0 cm³/mol. The van der Waals surface area contributed by atoms with Crippen LogP contribution >= 0.6 is 0 Å². The SMILES string of the molecule is Cc1n[nH]c(=O)nc1N1CCC(C)CC1. The molecule has 0 unspecified atom stereocenters. The van der Waals surface area contributed by atoms with Crippen LogP contribution in [0.2, 0.25) is 0 Å². The second kappa shape index (κ2) is 4.00. The van der Waals surface area contributed by atoms with Gasteiger partial charge in [-0.15, -0.1) is 0 Å². The van der Waals surface area contributed by atoms with E-state index in [1.165, 1.54) is 0 Å². The molecule has 1 aliphatic rings. The second-order valence-electron chi connectivity index (χ2n) is 4.22. The van der Waals surface area contributed by atoms with Crippen molar-refractivity contribution in [1.29, 1.82) is 0 Å². The van der Waals surface area contributed by atoms with E-state index in [9.17, 15) is 4.79 Å². The number of anilines is 1. The largest absolute Gasteiger partial charge is 0.363 e. The van der Waals surface area contributed by atoms with Crippen LogP contribution in [0.5, 0.6) is 0 Å². The van der Waals surface area contributed by atoms with E-state index in [1.54, 1.807) is 0 Å². The molecule has 1 aromatic heterocycles. The molecule has 0 saturated carbocycles.